The summed E-state index contributed by atoms with van der Waals surface area (Å²) >= 11 is 0. The first-order valence-electron chi connectivity index (χ1n) is 6.70. The predicted molar refractivity (Wildman–Crippen MR) is 87.9 cm³/mol. The van der Waals surface area contributed by atoms with E-state index in [-0.39, 0.29) is 23.1 Å². The largest absolute Gasteiger partial charge is 0.489 e. The maximum atomic E-state index is 10.9. The second-order valence-electron chi connectivity index (χ2n) is 4.68. The number of carbonyl (C=O) groups is 1. The van der Waals surface area contributed by atoms with Crippen LogP contribution >= 0.6 is 0 Å². The van der Waals surface area contributed by atoms with Crippen molar-refractivity contribution >= 4 is 29.0 Å². The SMILES string of the molecule is COC(Cc1ccc(OCc2ccccc2)cc1)C(=O)O.[MgH2]. The van der Waals surface area contributed by atoms with E-state index < -0.39 is 12.1 Å². The van der Waals surface area contributed by atoms with Crippen LogP contribution in [-0.2, 0) is 22.6 Å². The minimum absolute atomic E-state index is 0. The zero-order valence-corrected chi connectivity index (χ0v) is 11.9. The van der Waals surface area contributed by atoms with Gasteiger partial charge < -0.3 is 14.6 Å². The molecule has 1 N–H and O–H groups in total. The van der Waals surface area contributed by atoms with Crippen LogP contribution in [0.4, 0.5) is 0 Å². The molecule has 114 valence electrons. The zero-order valence-electron chi connectivity index (χ0n) is 11.9. The fourth-order valence-corrected chi connectivity index (χ4v) is 1.95. The maximum absolute atomic E-state index is 10.9. The first-order valence-corrected chi connectivity index (χ1v) is 6.70. The Balaban J connectivity index is 0.00000242. The molecule has 0 bridgehead atoms. The summed E-state index contributed by atoms with van der Waals surface area (Å²) in [5.74, 6) is -0.200. The molecule has 2 rings (SSSR count). The van der Waals surface area contributed by atoms with Gasteiger partial charge in [-0.25, -0.2) is 4.79 Å². The molecule has 0 amide bonds. The Labute approximate surface area is 146 Å². The Hall–Kier alpha value is -1.56. The molecule has 0 saturated carbocycles. The highest BCUT2D eigenvalue weighted by molar-refractivity contribution is 5.75. The summed E-state index contributed by atoms with van der Waals surface area (Å²) < 4.78 is 10.6. The number of hydrogen-bond acceptors (Lipinski definition) is 3. The summed E-state index contributed by atoms with van der Waals surface area (Å²) in [6, 6.07) is 17.3. The fourth-order valence-electron chi connectivity index (χ4n) is 1.95. The minimum Gasteiger partial charge on any atom is -0.489 e. The average molecular weight is 313 g/mol. The highest BCUT2D eigenvalue weighted by atomic mass is 24.3. The number of hydrogen-bond donors (Lipinski definition) is 1. The normalized spacial score (nSPS) is 11.3. The van der Waals surface area contributed by atoms with E-state index in [1.165, 1.54) is 7.11 Å². The lowest BCUT2D eigenvalue weighted by atomic mass is 10.1. The quantitative estimate of drug-likeness (QED) is 0.795. The molecule has 0 aliphatic carbocycles. The first-order chi connectivity index (χ1) is 10.2. The molecule has 1 atom stereocenters. The summed E-state index contributed by atoms with van der Waals surface area (Å²) in [7, 11) is 1.40. The number of benzene rings is 2. The van der Waals surface area contributed by atoms with Gasteiger partial charge in [-0.1, -0.05) is 42.5 Å². The number of methoxy groups -OCH3 is 1. The summed E-state index contributed by atoms with van der Waals surface area (Å²) in [5, 5.41) is 8.95. The van der Waals surface area contributed by atoms with E-state index in [0.29, 0.717) is 13.0 Å². The van der Waals surface area contributed by atoms with Gasteiger partial charge in [-0.3, -0.25) is 0 Å². The van der Waals surface area contributed by atoms with Crippen LogP contribution in [0, 0.1) is 0 Å². The molecule has 0 heterocycles. The third kappa shape index (κ3) is 5.67. The number of carboxylic acid groups (broad SMARTS) is 1. The minimum atomic E-state index is -0.957. The molecule has 2 aromatic carbocycles. The number of aliphatic carboxylic acids is 1. The van der Waals surface area contributed by atoms with Crippen molar-refractivity contribution in [3.63, 3.8) is 0 Å². The van der Waals surface area contributed by atoms with E-state index in [4.69, 9.17) is 14.6 Å². The molecule has 4 nitrogen and oxygen atoms in total. The van der Waals surface area contributed by atoms with Crippen molar-refractivity contribution in [1.82, 2.24) is 0 Å². The van der Waals surface area contributed by atoms with E-state index >= 15 is 0 Å². The van der Waals surface area contributed by atoms with E-state index in [0.717, 1.165) is 16.9 Å². The van der Waals surface area contributed by atoms with Crippen molar-refractivity contribution in [2.45, 2.75) is 19.1 Å². The van der Waals surface area contributed by atoms with Gasteiger partial charge in [-0.05, 0) is 23.3 Å². The third-order valence-corrected chi connectivity index (χ3v) is 3.15. The molecule has 0 fully saturated rings. The predicted octanol–water partition coefficient (Wildman–Crippen LogP) is 1.99. The van der Waals surface area contributed by atoms with Crippen molar-refractivity contribution in [1.29, 1.82) is 0 Å². The second-order valence-corrected chi connectivity index (χ2v) is 4.68. The van der Waals surface area contributed by atoms with E-state index in [1.54, 1.807) is 0 Å². The second kappa shape index (κ2) is 9.45. The van der Waals surface area contributed by atoms with Gasteiger partial charge in [0.05, 0.1) is 0 Å². The van der Waals surface area contributed by atoms with E-state index in [1.807, 2.05) is 54.6 Å². The van der Waals surface area contributed by atoms with Gasteiger partial charge in [0.15, 0.2) is 6.10 Å². The van der Waals surface area contributed by atoms with Gasteiger partial charge in [0, 0.05) is 13.5 Å². The molecule has 0 aliphatic heterocycles. The summed E-state index contributed by atoms with van der Waals surface area (Å²) in [5.41, 5.74) is 2.00. The smallest absolute Gasteiger partial charge is 0.333 e. The van der Waals surface area contributed by atoms with Crippen molar-refractivity contribution in [2.75, 3.05) is 7.11 Å². The molecule has 2 aromatic rings. The molecular weight excluding hydrogens is 292 g/mol. The molecule has 0 aliphatic rings. The van der Waals surface area contributed by atoms with Crippen molar-refractivity contribution < 1.29 is 19.4 Å². The molecule has 0 aromatic heterocycles. The van der Waals surface area contributed by atoms with Gasteiger partial charge in [0.2, 0.25) is 0 Å². The van der Waals surface area contributed by atoms with Crippen LogP contribution in [-0.4, -0.2) is 47.3 Å². The van der Waals surface area contributed by atoms with Gasteiger partial charge in [-0.2, -0.15) is 0 Å². The maximum Gasteiger partial charge on any atom is 0.333 e. The summed E-state index contributed by atoms with van der Waals surface area (Å²) in [6.07, 6.45) is -0.480. The van der Waals surface area contributed by atoms with E-state index in [2.05, 4.69) is 0 Å². The Bertz CT molecular complexity index is 569. The molecule has 5 heteroatoms. The Kier molecular flexibility index (Phi) is 7.94. The lowest BCUT2D eigenvalue weighted by Crippen LogP contribution is -2.24. The Morgan fingerprint density at radius 1 is 1.05 bits per heavy atom. The van der Waals surface area contributed by atoms with Crippen LogP contribution in [0.25, 0.3) is 0 Å². The lowest BCUT2D eigenvalue weighted by Gasteiger charge is -2.11. The van der Waals surface area contributed by atoms with Crippen LogP contribution in [0.2, 0.25) is 0 Å². The fraction of sp³-hybridized carbons (Fsp3) is 0.235. The highest BCUT2D eigenvalue weighted by Crippen LogP contribution is 2.16. The monoisotopic (exact) mass is 312 g/mol. The molecule has 1 unspecified atom stereocenters. The zero-order chi connectivity index (χ0) is 15.1. The van der Waals surface area contributed by atoms with Crippen molar-refractivity contribution in [3.05, 3.63) is 65.7 Å². The van der Waals surface area contributed by atoms with Crippen LogP contribution in [0.5, 0.6) is 5.75 Å². The average Bonchev–Trinajstić information content (AvgIpc) is 2.52. The van der Waals surface area contributed by atoms with Crippen LogP contribution in [0.3, 0.4) is 0 Å². The van der Waals surface area contributed by atoms with Gasteiger partial charge in [0.25, 0.3) is 0 Å². The molecule has 22 heavy (non-hydrogen) atoms. The van der Waals surface area contributed by atoms with Gasteiger partial charge in [-0.15, -0.1) is 0 Å². The van der Waals surface area contributed by atoms with Crippen LogP contribution in [0.1, 0.15) is 11.1 Å². The molecule has 0 radical (unpaired) electrons. The first kappa shape index (κ1) is 18.5. The van der Waals surface area contributed by atoms with E-state index in [9.17, 15) is 4.79 Å². The van der Waals surface area contributed by atoms with Crippen LogP contribution in [0.15, 0.2) is 54.6 Å². The highest BCUT2D eigenvalue weighted by Gasteiger charge is 2.16. The number of rotatable bonds is 7. The number of ether oxygens (including phenoxy) is 2. The molecular formula is C17H20MgO4. The lowest BCUT2D eigenvalue weighted by molar-refractivity contribution is -0.148. The molecule has 0 spiro atoms. The molecule has 0 saturated heterocycles. The summed E-state index contributed by atoms with van der Waals surface area (Å²) in [4.78, 5) is 10.9. The topological polar surface area (TPSA) is 55.8 Å². The van der Waals surface area contributed by atoms with Gasteiger partial charge >= 0.3 is 29.0 Å². The number of carboxylic acids is 1. The van der Waals surface area contributed by atoms with Gasteiger partial charge in [0.1, 0.15) is 12.4 Å². The summed E-state index contributed by atoms with van der Waals surface area (Å²) in [6.45, 7) is 0.510. The Morgan fingerprint density at radius 2 is 1.68 bits per heavy atom. The third-order valence-electron chi connectivity index (χ3n) is 3.15. The van der Waals surface area contributed by atoms with Crippen molar-refractivity contribution in [3.8, 4) is 5.75 Å². The standard InChI is InChI=1S/C17H18O4.Mg.2H/c1-20-16(17(18)19)11-13-7-9-15(10-8-13)21-12-14-5-3-2-4-6-14;;;/h2-10,16H,11-12H2,1H3,(H,18,19);;;. The Morgan fingerprint density at radius 3 is 2.23 bits per heavy atom. The van der Waals surface area contributed by atoms with Crippen LogP contribution < -0.4 is 4.74 Å². The van der Waals surface area contributed by atoms with Crippen molar-refractivity contribution in [2.24, 2.45) is 0 Å².